The quantitative estimate of drug-likeness (QED) is 0.307. The second kappa shape index (κ2) is 10.8. The minimum Gasteiger partial charge on any atom is -0.444 e. The van der Waals surface area contributed by atoms with Crippen molar-refractivity contribution in [1.82, 2.24) is 29.7 Å². The third kappa shape index (κ3) is 5.38. The van der Waals surface area contributed by atoms with Crippen LogP contribution >= 0.6 is 11.3 Å². The second-order valence-electron chi connectivity index (χ2n) is 12.7. The van der Waals surface area contributed by atoms with E-state index >= 15 is 0 Å². The van der Waals surface area contributed by atoms with E-state index in [2.05, 4.69) is 37.6 Å². The Labute approximate surface area is 254 Å². The van der Waals surface area contributed by atoms with Crippen molar-refractivity contribution in [1.29, 1.82) is 5.26 Å². The Kier molecular flexibility index (Phi) is 6.92. The number of fused-ring (bicyclic) bond motifs is 5. The van der Waals surface area contributed by atoms with Crippen molar-refractivity contribution in [2.75, 3.05) is 23.3 Å². The first kappa shape index (κ1) is 27.6. The van der Waals surface area contributed by atoms with Gasteiger partial charge in [0.05, 0.1) is 40.3 Å². The normalized spacial score (nSPS) is 20.5. The summed E-state index contributed by atoms with van der Waals surface area (Å²) in [7, 11) is 0. The van der Waals surface area contributed by atoms with Crippen LogP contribution in [0.1, 0.15) is 64.9 Å². The first-order chi connectivity index (χ1) is 20.8. The smallest absolute Gasteiger partial charge is 0.410 e. The minimum atomic E-state index is -0.517. The number of rotatable bonds is 5. The summed E-state index contributed by atoms with van der Waals surface area (Å²) >= 11 is 1.58. The zero-order chi connectivity index (χ0) is 29.7. The highest BCUT2D eigenvalue weighted by Crippen LogP contribution is 2.40. The molecule has 3 aliphatic heterocycles. The maximum absolute atomic E-state index is 13.0. The second-order valence-corrected chi connectivity index (χ2v) is 13.7. The van der Waals surface area contributed by atoms with E-state index in [4.69, 9.17) is 9.72 Å². The van der Waals surface area contributed by atoms with Crippen molar-refractivity contribution in [3.8, 4) is 28.0 Å². The summed E-state index contributed by atoms with van der Waals surface area (Å²) in [6, 6.07) is 10.7. The van der Waals surface area contributed by atoms with E-state index < -0.39 is 5.60 Å². The minimum absolute atomic E-state index is 0.0902. The van der Waals surface area contributed by atoms with Gasteiger partial charge in [-0.3, -0.25) is 4.98 Å². The molecular formula is C31H35N9O2S. The molecule has 11 nitrogen and oxygen atoms in total. The molecule has 43 heavy (non-hydrogen) atoms. The summed E-state index contributed by atoms with van der Waals surface area (Å²) < 4.78 is 7.54. The number of piperazine rings is 1. The van der Waals surface area contributed by atoms with Crippen LogP contribution in [0.2, 0.25) is 0 Å². The van der Waals surface area contributed by atoms with Crippen LogP contribution in [0.3, 0.4) is 0 Å². The van der Waals surface area contributed by atoms with Crippen molar-refractivity contribution in [2.24, 2.45) is 0 Å². The highest BCUT2D eigenvalue weighted by molar-refractivity contribution is 7.18. The summed E-state index contributed by atoms with van der Waals surface area (Å²) in [4.78, 5) is 22.1. The van der Waals surface area contributed by atoms with E-state index in [0.717, 1.165) is 76.9 Å². The number of nitrogens with zero attached hydrogens (tertiary/aromatic N) is 8. The van der Waals surface area contributed by atoms with E-state index in [1.54, 1.807) is 17.5 Å². The maximum Gasteiger partial charge on any atom is 0.410 e. The molecule has 4 fully saturated rings. The molecule has 0 aromatic carbocycles. The summed E-state index contributed by atoms with van der Waals surface area (Å²) in [6.07, 6.45) is 9.75. The molecule has 2 unspecified atom stereocenters. The van der Waals surface area contributed by atoms with Crippen LogP contribution in [-0.2, 0) is 4.74 Å². The number of amides is 1. The Bertz CT molecular complexity index is 1710. The summed E-state index contributed by atoms with van der Waals surface area (Å²) in [5.74, 6) is 0. The van der Waals surface area contributed by atoms with Gasteiger partial charge in [0, 0.05) is 37.1 Å². The highest BCUT2D eigenvalue weighted by atomic mass is 32.1. The van der Waals surface area contributed by atoms with Crippen molar-refractivity contribution < 1.29 is 9.53 Å². The van der Waals surface area contributed by atoms with Gasteiger partial charge in [-0.25, -0.2) is 9.31 Å². The standard InChI is InChI=1S/C31H35N9O2S/c1-31(2,3)42-30(41)39-18-22-8-5-9-23(39)17-38(22)29-37-36-28(43-29)24-16-33-26(13-25(24)35-20-6-4-7-20)27-11-10-21-12-19(14-32)15-34-40(21)27/h10-13,15-16,20,22-23H,4-9,17-18H2,1-3H3,(H,33,35). The van der Waals surface area contributed by atoms with Crippen molar-refractivity contribution in [3.63, 3.8) is 0 Å². The predicted octanol–water partition coefficient (Wildman–Crippen LogP) is 5.73. The molecule has 4 aromatic rings. The molecular weight excluding hydrogens is 562 g/mol. The molecule has 1 N–H and O–H groups in total. The molecule has 0 spiro atoms. The van der Waals surface area contributed by atoms with E-state index in [1.807, 2.05) is 54.6 Å². The number of nitrogens with one attached hydrogen (secondary N) is 1. The number of aromatic nitrogens is 5. The van der Waals surface area contributed by atoms with Gasteiger partial charge in [0.15, 0.2) is 5.01 Å². The molecule has 2 bridgehead atoms. The SMILES string of the molecule is CC(C)(C)OC(=O)N1CC2CCCC1CN2c1nnc(-c2cnc(-c3ccc4cc(C#N)cnn34)cc2NC2CCC2)s1. The molecule has 4 aliphatic rings. The fourth-order valence-electron chi connectivity index (χ4n) is 6.16. The predicted molar refractivity (Wildman–Crippen MR) is 165 cm³/mol. The molecule has 3 saturated heterocycles. The Balaban J connectivity index is 1.17. The topological polar surface area (TPSA) is 125 Å². The van der Waals surface area contributed by atoms with Gasteiger partial charge in [-0.05, 0) is 83.6 Å². The maximum atomic E-state index is 13.0. The van der Waals surface area contributed by atoms with Crippen molar-refractivity contribution >= 4 is 33.8 Å². The molecule has 0 radical (unpaired) electrons. The van der Waals surface area contributed by atoms with Crippen LogP contribution < -0.4 is 10.2 Å². The molecule has 1 aliphatic carbocycles. The molecule has 2 atom stereocenters. The van der Waals surface area contributed by atoms with Crippen LogP contribution in [0.15, 0.2) is 36.7 Å². The average Bonchev–Trinajstić information content (AvgIpc) is 3.50. The Morgan fingerprint density at radius 2 is 1.88 bits per heavy atom. The van der Waals surface area contributed by atoms with E-state index in [-0.39, 0.29) is 18.2 Å². The van der Waals surface area contributed by atoms with E-state index in [0.29, 0.717) is 18.2 Å². The lowest BCUT2D eigenvalue weighted by molar-refractivity contribution is 0.0124. The van der Waals surface area contributed by atoms with Gasteiger partial charge in [-0.1, -0.05) is 11.3 Å². The van der Waals surface area contributed by atoms with Crippen LogP contribution in [-0.4, -0.2) is 72.6 Å². The molecule has 1 saturated carbocycles. The lowest BCUT2D eigenvalue weighted by atomic mass is 9.92. The number of anilines is 2. The van der Waals surface area contributed by atoms with Gasteiger partial charge in [0.2, 0.25) is 5.13 Å². The molecule has 12 heteroatoms. The Hall–Kier alpha value is -4.24. The number of pyridine rings is 1. The fraction of sp³-hybridized carbons (Fsp3) is 0.484. The van der Waals surface area contributed by atoms with Gasteiger partial charge >= 0.3 is 6.09 Å². The number of hydrogen-bond donors (Lipinski definition) is 1. The number of nitriles is 1. The van der Waals surface area contributed by atoms with Gasteiger partial charge in [-0.15, -0.1) is 10.2 Å². The van der Waals surface area contributed by atoms with Gasteiger partial charge in [-0.2, -0.15) is 10.4 Å². The molecule has 7 heterocycles. The summed E-state index contributed by atoms with van der Waals surface area (Å²) in [5.41, 5.74) is 4.41. The van der Waals surface area contributed by atoms with E-state index in [1.165, 1.54) is 6.42 Å². The summed E-state index contributed by atoms with van der Waals surface area (Å²) in [6.45, 7) is 7.09. The first-order valence-electron chi connectivity index (χ1n) is 15.0. The summed E-state index contributed by atoms with van der Waals surface area (Å²) in [5, 5.41) is 28.5. The number of ether oxygens (including phenoxy) is 1. The number of carbonyl (C=O) groups excluding carboxylic acids is 1. The van der Waals surface area contributed by atoms with Crippen LogP contribution in [0, 0.1) is 11.3 Å². The Morgan fingerprint density at radius 1 is 1.07 bits per heavy atom. The molecule has 222 valence electrons. The average molecular weight is 598 g/mol. The third-order valence-corrected chi connectivity index (χ3v) is 9.54. The lowest BCUT2D eigenvalue weighted by Crippen LogP contribution is -2.59. The third-order valence-electron chi connectivity index (χ3n) is 8.55. The molecule has 1 amide bonds. The Morgan fingerprint density at radius 3 is 2.65 bits per heavy atom. The van der Waals surface area contributed by atoms with Gasteiger partial charge < -0.3 is 19.9 Å². The largest absolute Gasteiger partial charge is 0.444 e. The van der Waals surface area contributed by atoms with Crippen LogP contribution in [0.25, 0.3) is 27.5 Å². The van der Waals surface area contributed by atoms with Gasteiger partial charge in [0.25, 0.3) is 0 Å². The van der Waals surface area contributed by atoms with Crippen LogP contribution in [0.4, 0.5) is 15.6 Å². The zero-order valence-electron chi connectivity index (χ0n) is 24.7. The van der Waals surface area contributed by atoms with E-state index in [9.17, 15) is 10.1 Å². The first-order valence-corrected chi connectivity index (χ1v) is 15.8. The number of hydrogen-bond acceptors (Lipinski definition) is 10. The lowest BCUT2D eigenvalue weighted by Gasteiger charge is -2.43. The molecule has 8 rings (SSSR count). The van der Waals surface area contributed by atoms with Crippen LogP contribution in [0.5, 0.6) is 0 Å². The fourth-order valence-corrected chi connectivity index (χ4v) is 7.11. The number of carbonyl (C=O) groups is 1. The monoisotopic (exact) mass is 597 g/mol. The van der Waals surface area contributed by atoms with Crippen molar-refractivity contribution in [3.05, 3.63) is 42.2 Å². The van der Waals surface area contributed by atoms with Gasteiger partial charge in [0.1, 0.15) is 11.7 Å². The zero-order valence-corrected chi connectivity index (χ0v) is 25.5. The van der Waals surface area contributed by atoms with Crippen molar-refractivity contribution in [2.45, 2.75) is 83.0 Å². The molecule has 4 aromatic heterocycles. The highest BCUT2D eigenvalue weighted by Gasteiger charge is 2.41.